The Morgan fingerprint density at radius 2 is 0.571 bits per heavy atom. The minimum atomic E-state index is 0.0300. The molecule has 0 saturated carbocycles. The molecule has 8 aliphatic heterocycles. The highest BCUT2D eigenvalue weighted by Gasteiger charge is 2.59. The Morgan fingerprint density at radius 3 is 0.986 bits per heavy atom. The third-order valence-electron chi connectivity index (χ3n) is 18.5. The zero-order valence-electron chi connectivity index (χ0n) is 42.8. The maximum atomic E-state index is 2.87. The van der Waals surface area contributed by atoms with Gasteiger partial charge in [-0.1, -0.05) is 220 Å². The van der Waals surface area contributed by atoms with Gasteiger partial charge in [0, 0.05) is 11.4 Å². The van der Waals surface area contributed by atoms with Crippen LogP contribution in [0.4, 0.5) is 34.1 Å². The van der Waals surface area contributed by atoms with Crippen molar-refractivity contribution in [1.29, 1.82) is 0 Å². The maximum absolute atomic E-state index is 2.87. The average molecular weight is 896 g/mol. The normalized spacial score (nSPS) is 15.8. The van der Waals surface area contributed by atoms with Crippen LogP contribution in [0.1, 0.15) is 105 Å². The molecule has 0 spiro atoms. The van der Waals surface area contributed by atoms with E-state index in [1.807, 2.05) is 0 Å². The van der Waals surface area contributed by atoms with Crippen LogP contribution in [0, 0.1) is 0 Å². The third-order valence-corrected chi connectivity index (χ3v) is 18.5. The van der Waals surface area contributed by atoms with E-state index >= 15 is 0 Å². The maximum Gasteiger partial charge on any atom is 0.248 e. The first-order valence-electron chi connectivity index (χ1n) is 26.2. The first-order valence-corrected chi connectivity index (χ1v) is 26.2. The molecule has 8 aromatic rings. The zero-order valence-corrected chi connectivity index (χ0v) is 42.8. The number of hydrogen-bond acceptors (Lipinski definition) is 2. The van der Waals surface area contributed by atoms with Gasteiger partial charge < -0.3 is 9.80 Å². The van der Waals surface area contributed by atoms with Crippen LogP contribution in [0.5, 0.6) is 0 Å². The van der Waals surface area contributed by atoms with Gasteiger partial charge in [0.05, 0.1) is 22.7 Å². The van der Waals surface area contributed by atoms with Gasteiger partial charge in [-0.25, -0.2) is 0 Å². The van der Waals surface area contributed by atoms with Crippen LogP contribution >= 0.6 is 0 Å². The highest BCUT2D eigenvalue weighted by Crippen LogP contribution is 2.58. The molecule has 0 saturated heterocycles. The second-order valence-corrected chi connectivity index (χ2v) is 26.4. The number of anilines is 6. The van der Waals surface area contributed by atoms with E-state index in [-0.39, 0.29) is 48.5 Å². The number of rotatable bonds is 1. The highest BCUT2D eigenvalue weighted by molar-refractivity contribution is 7.08. The van der Waals surface area contributed by atoms with Crippen LogP contribution in [0.25, 0.3) is 33.4 Å². The van der Waals surface area contributed by atoms with Crippen molar-refractivity contribution in [1.82, 2.24) is 0 Å². The molecule has 2 nitrogen and oxygen atoms in total. The SMILES string of the molecule is CC(C)(C)c1ccc(B2c3ccc4c5c3N3c6c2ccc2c6N6c7c8c(cc9c7B(c7ccc(C(C)(C)C)cc7-9)c7ccc(c3c76)B5c3ccc(C(C)(C)C)cc3-4)-c3cc(C(C)(C)C)ccc3B28)cc1. The molecule has 0 amide bonds. The molecular weight excluding hydrogens is 840 g/mol. The summed E-state index contributed by atoms with van der Waals surface area (Å²) in [6.07, 6.45) is 0. The molecule has 8 aliphatic rings. The van der Waals surface area contributed by atoms with Crippen LogP contribution in [0.15, 0.2) is 121 Å². The Balaban J connectivity index is 1.07. The highest BCUT2D eigenvalue weighted by atomic mass is 15.3. The smallest absolute Gasteiger partial charge is 0.248 e. The van der Waals surface area contributed by atoms with E-state index in [1.54, 1.807) is 0 Å². The van der Waals surface area contributed by atoms with E-state index in [2.05, 4.69) is 214 Å². The molecule has 8 heterocycles. The van der Waals surface area contributed by atoms with Crippen molar-refractivity contribution >= 4 is 127 Å². The molecule has 8 aromatic carbocycles. The predicted octanol–water partition coefficient (Wildman–Crippen LogP) is 7.39. The quantitative estimate of drug-likeness (QED) is 0.159. The Kier molecular flexibility index (Phi) is 7.03. The Bertz CT molecular complexity index is 3790. The van der Waals surface area contributed by atoms with Crippen molar-refractivity contribution in [3.63, 3.8) is 0 Å². The molecule has 0 aromatic heterocycles. The molecule has 16 rings (SSSR count). The summed E-state index contributed by atoms with van der Waals surface area (Å²) in [6.45, 7) is 28.8. The Labute approximate surface area is 415 Å². The van der Waals surface area contributed by atoms with Crippen molar-refractivity contribution in [2.75, 3.05) is 9.80 Å². The fourth-order valence-electron chi connectivity index (χ4n) is 15.0. The average Bonchev–Trinajstić information content (AvgIpc) is 3.96. The van der Waals surface area contributed by atoms with Gasteiger partial charge in [-0.3, -0.25) is 0 Å². The standard InChI is InChI=1S/C64H56B4N2/c1-61(2,3)33-13-18-37(19-14-33)65-47-24-20-38-39-29-34(62(4,5)6)15-21-44(39)66-49-27-28-51-59-57(49)69(55(47)52(38)66)56-48(65)25-26-50-58(56)70(59)60-53-42(40-30-35(63(7,8)9)16-22-45(40)67(50)53)32-43-41-31-36(64(10,11)12)17-23-46(41)68(51)54(43)60/h13-32H,1-12H3. The number of fused-ring (bicyclic) bond motifs is 12. The molecule has 0 radical (unpaired) electrons. The largest absolute Gasteiger partial charge is 0.308 e. The lowest BCUT2D eigenvalue weighted by molar-refractivity contribution is 0.590. The summed E-state index contributed by atoms with van der Waals surface area (Å²) in [4.78, 5) is 5.71. The van der Waals surface area contributed by atoms with E-state index in [0.29, 0.717) is 0 Å². The first kappa shape index (κ1) is 40.4. The molecular formula is C64H56B4N2. The molecule has 70 heavy (non-hydrogen) atoms. The molecule has 0 bridgehead atoms. The van der Waals surface area contributed by atoms with Crippen molar-refractivity contribution in [2.24, 2.45) is 0 Å². The molecule has 6 heteroatoms. The predicted molar refractivity (Wildman–Crippen MR) is 306 cm³/mol. The topological polar surface area (TPSA) is 6.48 Å². The zero-order chi connectivity index (χ0) is 47.8. The van der Waals surface area contributed by atoms with Gasteiger partial charge in [0.15, 0.2) is 0 Å². The summed E-state index contributed by atoms with van der Waals surface area (Å²) < 4.78 is 0. The Hall–Kier alpha value is -6.38. The summed E-state index contributed by atoms with van der Waals surface area (Å²) in [6, 6.07) is 50.3. The number of nitrogens with zero attached hydrogens (tertiary/aromatic N) is 2. The summed E-state index contributed by atoms with van der Waals surface area (Å²) in [5.41, 5.74) is 40.2. The summed E-state index contributed by atoms with van der Waals surface area (Å²) >= 11 is 0. The second-order valence-electron chi connectivity index (χ2n) is 26.4. The fraction of sp³-hybridized carbons (Fsp3) is 0.250. The number of hydrogen-bond donors (Lipinski definition) is 0. The molecule has 334 valence electrons. The van der Waals surface area contributed by atoms with Gasteiger partial charge in [-0.05, 0) is 127 Å². The van der Waals surface area contributed by atoms with Gasteiger partial charge in [0.1, 0.15) is 0 Å². The summed E-state index contributed by atoms with van der Waals surface area (Å²) in [7, 11) is 0. The van der Waals surface area contributed by atoms with Gasteiger partial charge in [0.25, 0.3) is 0 Å². The van der Waals surface area contributed by atoms with Crippen molar-refractivity contribution in [3.8, 4) is 33.4 Å². The van der Waals surface area contributed by atoms with E-state index in [4.69, 9.17) is 0 Å². The van der Waals surface area contributed by atoms with Gasteiger partial charge in [-0.2, -0.15) is 0 Å². The lowest BCUT2D eigenvalue weighted by atomic mass is 9.29. The molecule has 0 unspecified atom stereocenters. The van der Waals surface area contributed by atoms with Crippen molar-refractivity contribution < 1.29 is 0 Å². The minimum absolute atomic E-state index is 0.0300. The van der Waals surface area contributed by atoms with Crippen LogP contribution in [-0.4, -0.2) is 26.9 Å². The van der Waals surface area contributed by atoms with Gasteiger partial charge in [-0.15, -0.1) is 0 Å². The van der Waals surface area contributed by atoms with E-state index in [9.17, 15) is 0 Å². The molecule has 0 fully saturated rings. The van der Waals surface area contributed by atoms with Gasteiger partial charge in [0.2, 0.25) is 26.9 Å². The van der Waals surface area contributed by atoms with Gasteiger partial charge >= 0.3 is 0 Å². The van der Waals surface area contributed by atoms with Crippen LogP contribution in [-0.2, 0) is 21.7 Å². The van der Waals surface area contributed by atoms with E-state index in [1.165, 1.54) is 155 Å². The number of benzene rings is 8. The van der Waals surface area contributed by atoms with Crippen LogP contribution < -0.4 is 75.4 Å². The summed E-state index contributed by atoms with van der Waals surface area (Å²) in [5, 5.41) is 0. The Morgan fingerprint density at radius 1 is 0.257 bits per heavy atom. The monoisotopic (exact) mass is 896 g/mol. The van der Waals surface area contributed by atoms with Crippen molar-refractivity contribution in [3.05, 3.63) is 144 Å². The third kappa shape index (κ3) is 4.61. The molecule has 0 aliphatic carbocycles. The fourth-order valence-corrected chi connectivity index (χ4v) is 15.0. The minimum Gasteiger partial charge on any atom is -0.308 e. The van der Waals surface area contributed by atoms with E-state index < -0.39 is 0 Å². The van der Waals surface area contributed by atoms with E-state index in [0.717, 1.165) is 0 Å². The van der Waals surface area contributed by atoms with Crippen LogP contribution in [0.2, 0.25) is 0 Å². The lowest BCUT2D eigenvalue weighted by Gasteiger charge is -2.54. The first-order chi connectivity index (χ1) is 33.3. The summed E-state index contributed by atoms with van der Waals surface area (Å²) in [5.74, 6) is 0. The van der Waals surface area contributed by atoms with Crippen LogP contribution in [0.3, 0.4) is 0 Å². The molecule has 0 N–H and O–H groups in total. The second kappa shape index (κ2) is 12.2. The lowest BCUT2D eigenvalue weighted by Crippen LogP contribution is -2.69. The van der Waals surface area contributed by atoms with Crippen molar-refractivity contribution in [2.45, 2.75) is 105 Å². The molecule has 0 atom stereocenters.